The number of piperazine rings is 1. The van der Waals surface area contributed by atoms with Gasteiger partial charge in [0.15, 0.2) is 17.3 Å². The van der Waals surface area contributed by atoms with Crippen molar-refractivity contribution in [2.45, 2.75) is 12.2 Å². The maximum absolute atomic E-state index is 12.7. The van der Waals surface area contributed by atoms with Crippen LogP contribution in [0.25, 0.3) is 0 Å². The molecule has 1 aromatic rings. The normalized spacial score (nSPS) is 23.1. The van der Waals surface area contributed by atoms with Gasteiger partial charge >= 0.3 is 6.18 Å². The summed E-state index contributed by atoms with van der Waals surface area (Å²) in [5, 5.41) is 0. The molecule has 0 spiro atoms. The molecule has 0 aliphatic carbocycles. The third kappa shape index (κ3) is 2.21. The number of aromatic nitrogens is 2. The van der Waals surface area contributed by atoms with Crippen LogP contribution in [0, 0.1) is 0 Å². The van der Waals surface area contributed by atoms with E-state index in [2.05, 4.69) is 9.97 Å². The maximum atomic E-state index is 12.7. The smallest absolute Gasteiger partial charge is 0.339 e. The first kappa shape index (κ1) is 14.1. The van der Waals surface area contributed by atoms with Crippen molar-refractivity contribution in [3.05, 3.63) is 11.9 Å². The number of carbonyl (C=O) groups is 1. The van der Waals surface area contributed by atoms with E-state index < -0.39 is 17.9 Å². The number of hydrogen-bond acceptors (Lipinski definition) is 5. The summed E-state index contributed by atoms with van der Waals surface area (Å²) >= 11 is 0. The van der Waals surface area contributed by atoms with Gasteiger partial charge in [-0.1, -0.05) is 0 Å². The van der Waals surface area contributed by atoms with Crippen LogP contribution < -0.4 is 9.80 Å². The molecule has 2 aliphatic heterocycles. The van der Waals surface area contributed by atoms with Crippen LogP contribution in [0.5, 0.6) is 0 Å². The van der Waals surface area contributed by atoms with Crippen LogP contribution in [0.2, 0.25) is 0 Å². The molecule has 0 N–H and O–H groups in total. The van der Waals surface area contributed by atoms with E-state index in [0.717, 1.165) is 17.6 Å². The summed E-state index contributed by atoms with van der Waals surface area (Å²) in [6, 6.07) is -0.424. The van der Waals surface area contributed by atoms with Crippen LogP contribution in [0.15, 0.2) is 6.20 Å². The van der Waals surface area contributed by atoms with Crippen molar-refractivity contribution in [1.29, 1.82) is 0 Å². The minimum absolute atomic E-state index is 0.0318. The highest BCUT2D eigenvalue weighted by Crippen LogP contribution is 2.36. The molecule has 1 aromatic heterocycles. The van der Waals surface area contributed by atoms with Gasteiger partial charge < -0.3 is 9.80 Å². The lowest BCUT2D eigenvalue weighted by molar-refractivity contribution is -0.141. The molecule has 0 radical (unpaired) electrons. The van der Waals surface area contributed by atoms with Gasteiger partial charge in [0, 0.05) is 26.7 Å². The van der Waals surface area contributed by atoms with Gasteiger partial charge in [0.2, 0.25) is 0 Å². The molecule has 0 unspecified atom stereocenters. The van der Waals surface area contributed by atoms with Gasteiger partial charge in [0.05, 0.1) is 6.20 Å². The van der Waals surface area contributed by atoms with Crippen LogP contribution in [0.3, 0.4) is 0 Å². The average Bonchev–Trinajstić information content (AvgIpc) is 2.43. The van der Waals surface area contributed by atoms with Crippen molar-refractivity contribution in [3.63, 3.8) is 0 Å². The lowest BCUT2D eigenvalue weighted by atomic mass is 10.1. The first-order chi connectivity index (χ1) is 9.79. The topological polar surface area (TPSA) is 52.6 Å². The Kier molecular flexibility index (Phi) is 3.05. The van der Waals surface area contributed by atoms with E-state index >= 15 is 0 Å². The van der Waals surface area contributed by atoms with Crippen molar-refractivity contribution in [1.82, 2.24) is 14.9 Å². The number of rotatable bonds is 0. The van der Waals surface area contributed by atoms with E-state index in [1.54, 1.807) is 4.90 Å². The summed E-state index contributed by atoms with van der Waals surface area (Å²) in [7, 11) is 3.33. The van der Waals surface area contributed by atoms with Gasteiger partial charge in [-0.05, 0) is 7.05 Å². The molecular weight excluding hydrogens is 287 g/mol. The van der Waals surface area contributed by atoms with Crippen molar-refractivity contribution in [2.24, 2.45) is 0 Å². The molecule has 3 rings (SSSR count). The standard InChI is InChI=1S/C12H14F3N5O/c1-18-3-4-20-7(6-18)11(21)19(2)10-9(20)16-5-8(17-10)12(13,14)15/h5,7H,3-4,6H2,1-2H3/t7-/m1/s1. The fourth-order valence-electron chi connectivity index (χ4n) is 2.65. The minimum atomic E-state index is -4.58. The van der Waals surface area contributed by atoms with E-state index in [1.165, 1.54) is 7.05 Å². The zero-order chi connectivity index (χ0) is 15.4. The summed E-state index contributed by atoms with van der Waals surface area (Å²) in [4.78, 5) is 24.8. The molecular formula is C12H14F3N5O. The molecule has 6 nitrogen and oxygen atoms in total. The number of halogens is 3. The molecule has 0 bridgehead atoms. The van der Waals surface area contributed by atoms with E-state index in [0.29, 0.717) is 18.9 Å². The Morgan fingerprint density at radius 3 is 2.62 bits per heavy atom. The summed E-state index contributed by atoms with van der Waals surface area (Å²) in [6.07, 6.45) is -3.86. The quantitative estimate of drug-likeness (QED) is 0.702. The molecule has 3 heterocycles. The molecule has 21 heavy (non-hydrogen) atoms. The van der Waals surface area contributed by atoms with Gasteiger partial charge in [0.1, 0.15) is 6.04 Å². The van der Waals surface area contributed by atoms with Crippen LogP contribution in [0.4, 0.5) is 24.8 Å². The van der Waals surface area contributed by atoms with Crippen molar-refractivity contribution >= 4 is 17.5 Å². The Morgan fingerprint density at radius 1 is 1.24 bits per heavy atom. The molecule has 1 saturated heterocycles. The zero-order valence-corrected chi connectivity index (χ0v) is 11.6. The number of carbonyl (C=O) groups excluding carboxylic acids is 1. The number of hydrogen-bond donors (Lipinski definition) is 0. The first-order valence-electron chi connectivity index (χ1n) is 6.46. The summed E-state index contributed by atoms with van der Waals surface area (Å²) < 4.78 is 38.2. The average molecular weight is 301 g/mol. The second kappa shape index (κ2) is 4.55. The fraction of sp³-hybridized carbons (Fsp3) is 0.583. The van der Waals surface area contributed by atoms with Crippen molar-refractivity contribution in [2.75, 3.05) is 43.5 Å². The lowest BCUT2D eigenvalue weighted by Crippen LogP contribution is -2.61. The van der Waals surface area contributed by atoms with Crippen molar-refractivity contribution < 1.29 is 18.0 Å². The highest BCUT2D eigenvalue weighted by Gasteiger charge is 2.43. The van der Waals surface area contributed by atoms with Crippen molar-refractivity contribution in [3.8, 4) is 0 Å². The van der Waals surface area contributed by atoms with Gasteiger partial charge in [-0.2, -0.15) is 13.2 Å². The van der Waals surface area contributed by atoms with Crippen LogP contribution in [-0.2, 0) is 11.0 Å². The third-order valence-electron chi connectivity index (χ3n) is 3.81. The number of anilines is 2. The van der Waals surface area contributed by atoms with E-state index in [4.69, 9.17) is 0 Å². The fourth-order valence-corrected chi connectivity index (χ4v) is 2.65. The molecule has 114 valence electrons. The first-order valence-corrected chi connectivity index (χ1v) is 6.46. The van der Waals surface area contributed by atoms with E-state index in [9.17, 15) is 18.0 Å². The monoisotopic (exact) mass is 301 g/mol. The summed E-state index contributed by atoms with van der Waals surface area (Å²) in [6.45, 7) is 1.77. The zero-order valence-electron chi connectivity index (χ0n) is 11.6. The Morgan fingerprint density at radius 2 is 1.95 bits per heavy atom. The Labute approximate surface area is 119 Å². The Balaban J connectivity index is 2.07. The molecule has 9 heteroatoms. The molecule has 0 aromatic carbocycles. The van der Waals surface area contributed by atoms with Gasteiger partial charge in [-0.25, -0.2) is 9.97 Å². The SMILES string of the molecule is CN1CCN2c3ncc(C(F)(F)F)nc3N(C)C(=O)[C@H]2C1. The molecule has 2 aliphatic rings. The van der Waals surface area contributed by atoms with Gasteiger partial charge in [-0.15, -0.1) is 0 Å². The second-order valence-corrected chi connectivity index (χ2v) is 5.27. The van der Waals surface area contributed by atoms with Gasteiger partial charge in [-0.3, -0.25) is 9.69 Å². The number of likely N-dealkylation sites (N-methyl/N-ethyl adjacent to an activating group) is 2. The second-order valence-electron chi connectivity index (χ2n) is 5.27. The number of fused-ring (bicyclic) bond motifs is 3. The number of nitrogens with zero attached hydrogens (tertiary/aromatic N) is 5. The summed E-state index contributed by atoms with van der Waals surface area (Å²) in [5.41, 5.74) is -1.09. The number of alkyl halides is 3. The predicted octanol–water partition coefficient (Wildman–Crippen LogP) is 0.592. The van der Waals surface area contributed by atoms with Crippen LogP contribution in [0.1, 0.15) is 5.69 Å². The third-order valence-corrected chi connectivity index (χ3v) is 3.81. The van der Waals surface area contributed by atoms with E-state index in [1.807, 2.05) is 11.9 Å². The lowest BCUT2D eigenvalue weighted by Gasteiger charge is -2.45. The predicted molar refractivity (Wildman–Crippen MR) is 69.1 cm³/mol. The molecule has 1 atom stereocenters. The minimum Gasteiger partial charge on any atom is -0.339 e. The highest BCUT2D eigenvalue weighted by molar-refractivity contribution is 6.03. The largest absolute Gasteiger partial charge is 0.434 e. The molecule has 1 amide bonds. The van der Waals surface area contributed by atoms with E-state index in [-0.39, 0.29) is 11.7 Å². The maximum Gasteiger partial charge on any atom is 0.434 e. The Bertz CT molecular complexity index is 591. The van der Waals surface area contributed by atoms with Crippen LogP contribution >= 0.6 is 0 Å². The number of amides is 1. The Hall–Kier alpha value is -1.90. The van der Waals surface area contributed by atoms with Crippen LogP contribution in [-0.4, -0.2) is 60.5 Å². The summed E-state index contributed by atoms with van der Waals surface area (Å²) in [5.74, 6) is 0.0431. The molecule has 1 fully saturated rings. The van der Waals surface area contributed by atoms with Gasteiger partial charge in [0.25, 0.3) is 5.91 Å². The molecule has 0 saturated carbocycles. The highest BCUT2D eigenvalue weighted by atomic mass is 19.4.